The molecular weight excluding hydrogens is 367 g/mol. The van der Waals surface area contributed by atoms with Gasteiger partial charge in [0, 0.05) is 36.1 Å². The Morgan fingerprint density at radius 3 is 2.41 bits per heavy atom. The van der Waals surface area contributed by atoms with Gasteiger partial charge in [-0.25, -0.2) is 4.39 Å². The van der Waals surface area contributed by atoms with Crippen molar-refractivity contribution in [3.8, 4) is 11.1 Å². The van der Waals surface area contributed by atoms with Crippen LogP contribution in [0.2, 0.25) is 0 Å². The van der Waals surface area contributed by atoms with Gasteiger partial charge in [0.15, 0.2) is 0 Å². The molecule has 0 radical (unpaired) electrons. The number of fused-ring (bicyclic) bond motifs is 1. The second-order valence-corrected chi connectivity index (χ2v) is 7.89. The van der Waals surface area contributed by atoms with Crippen molar-refractivity contribution >= 4 is 16.8 Å². The van der Waals surface area contributed by atoms with Crippen LogP contribution < -0.4 is 16.8 Å². The number of hydrogen-bond donors (Lipinski definition) is 3. The summed E-state index contributed by atoms with van der Waals surface area (Å²) in [6.45, 7) is 1.40. The van der Waals surface area contributed by atoms with Crippen LogP contribution in [0.15, 0.2) is 48.5 Å². The number of primary amides is 1. The van der Waals surface area contributed by atoms with Crippen LogP contribution in [0.4, 0.5) is 4.39 Å². The fourth-order valence-corrected chi connectivity index (χ4v) is 4.23. The van der Waals surface area contributed by atoms with Gasteiger partial charge < -0.3 is 21.4 Å². The van der Waals surface area contributed by atoms with Crippen LogP contribution in [0.25, 0.3) is 22.0 Å². The van der Waals surface area contributed by atoms with Crippen LogP contribution in [-0.2, 0) is 6.54 Å². The van der Waals surface area contributed by atoms with E-state index in [4.69, 9.17) is 11.5 Å². The van der Waals surface area contributed by atoms with E-state index in [1.807, 2.05) is 28.8 Å². The lowest BCUT2D eigenvalue weighted by atomic mass is 9.92. The fraction of sp³-hybridized carbons (Fsp3) is 0.348. The Morgan fingerprint density at radius 2 is 1.72 bits per heavy atom. The molecule has 5 N–H and O–H groups in total. The summed E-state index contributed by atoms with van der Waals surface area (Å²) >= 11 is 0. The van der Waals surface area contributed by atoms with Crippen molar-refractivity contribution < 1.29 is 9.18 Å². The molecule has 0 bridgehead atoms. The van der Waals surface area contributed by atoms with Gasteiger partial charge in [-0.1, -0.05) is 24.3 Å². The van der Waals surface area contributed by atoms with Gasteiger partial charge in [-0.2, -0.15) is 0 Å². The first-order valence-electron chi connectivity index (χ1n) is 10.2. The van der Waals surface area contributed by atoms with Gasteiger partial charge in [0.2, 0.25) is 0 Å². The number of benzene rings is 2. The van der Waals surface area contributed by atoms with Gasteiger partial charge in [-0.15, -0.1) is 0 Å². The summed E-state index contributed by atoms with van der Waals surface area (Å²) in [5.41, 5.74) is 15.0. The third-order valence-corrected chi connectivity index (χ3v) is 5.87. The maximum atomic E-state index is 13.3. The maximum Gasteiger partial charge on any atom is 0.265 e. The number of rotatable bonds is 6. The van der Waals surface area contributed by atoms with Crippen LogP contribution in [0.1, 0.15) is 36.2 Å². The van der Waals surface area contributed by atoms with E-state index < -0.39 is 5.91 Å². The molecule has 29 heavy (non-hydrogen) atoms. The molecule has 1 aliphatic carbocycles. The van der Waals surface area contributed by atoms with E-state index in [9.17, 15) is 9.18 Å². The number of carbonyl (C=O) groups is 1. The smallest absolute Gasteiger partial charge is 0.265 e. The third-order valence-electron chi connectivity index (χ3n) is 5.87. The summed E-state index contributed by atoms with van der Waals surface area (Å²) in [4.78, 5) is 12.0. The highest BCUT2D eigenvalue weighted by Gasteiger charge is 2.18. The van der Waals surface area contributed by atoms with Gasteiger partial charge >= 0.3 is 0 Å². The molecule has 1 saturated carbocycles. The van der Waals surface area contributed by atoms with Crippen molar-refractivity contribution in [2.75, 3.05) is 6.54 Å². The number of aromatic nitrogens is 1. The van der Waals surface area contributed by atoms with Gasteiger partial charge in [0.05, 0.1) is 0 Å². The molecule has 1 fully saturated rings. The SMILES string of the molecule is NC(=O)c1cc2ccc(-c3ccc(F)cc3)cc2n1CCNC1CCC(N)CC1. The first-order chi connectivity index (χ1) is 14.0. The van der Waals surface area contributed by atoms with Gasteiger partial charge in [0.1, 0.15) is 11.5 Å². The Bertz CT molecular complexity index is 1000. The molecule has 0 saturated heterocycles. The standard InChI is InChI=1S/C23H27FN4O/c24-18-5-3-15(4-6-18)16-1-2-17-14-22(23(26)29)28(21(17)13-16)12-11-27-20-9-7-19(25)8-10-20/h1-6,13-14,19-20,27H,7-12,25H2,(H2,26,29). The van der Waals surface area contributed by atoms with Crippen molar-refractivity contribution in [3.05, 3.63) is 60.0 Å². The summed E-state index contributed by atoms with van der Waals surface area (Å²) in [7, 11) is 0. The van der Waals surface area contributed by atoms with Gasteiger partial charge in [-0.05, 0) is 61.1 Å². The second kappa shape index (κ2) is 8.35. The summed E-state index contributed by atoms with van der Waals surface area (Å²) in [6, 6.07) is 15.1. The molecule has 0 atom stereocenters. The summed E-state index contributed by atoms with van der Waals surface area (Å²) in [5, 5.41) is 4.56. The first kappa shape index (κ1) is 19.6. The predicted octanol–water partition coefficient (Wildman–Crippen LogP) is 3.41. The highest BCUT2D eigenvalue weighted by Crippen LogP contribution is 2.27. The zero-order valence-electron chi connectivity index (χ0n) is 16.4. The summed E-state index contributed by atoms with van der Waals surface area (Å²) in [6.07, 6.45) is 4.28. The van der Waals surface area contributed by atoms with Crippen molar-refractivity contribution in [2.24, 2.45) is 11.5 Å². The lowest BCUT2D eigenvalue weighted by Gasteiger charge is -2.27. The first-order valence-corrected chi connectivity index (χ1v) is 10.2. The van der Waals surface area contributed by atoms with Crippen LogP contribution in [-0.4, -0.2) is 29.1 Å². The number of carbonyl (C=O) groups excluding carboxylic acids is 1. The number of nitrogens with two attached hydrogens (primary N) is 2. The quantitative estimate of drug-likeness (QED) is 0.599. The monoisotopic (exact) mass is 394 g/mol. The Labute approximate surface area is 169 Å². The molecule has 0 aliphatic heterocycles. The largest absolute Gasteiger partial charge is 0.364 e. The van der Waals surface area contributed by atoms with Gasteiger partial charge in [0.25, 0.3) is 5.91 Å². The molecule has 5 nitrogen and oxygen atoms in total. The minimum absolute atomic E-state index is 0.260. The normalized spacial score (nSPS) is 19.5. The third kappa shape index (κ3) is 4.33. The van der Waals surface area contributed by atoms with Gasteiger partial charge in [-0.3, -0.25) is 4.79 Å². The average Bonchev–Trinajstić information content (AvgIpc) is 3.08. The molecule has 0 unspecified atom stereocenters. The molecular formula is C23H27FN4O. The number of hydrogen-bond acceptors (Lipinski definition) is 3. The molecule has 4 rings (SSSR count). The summed E-state index contributed by atoms with van der Waals surface area (Å²) in [5.74, 6) is -0.697. The van der Waals surface area contributed by atoms with Crippen molar-refractivity contribution in [3.63, 3.8) is 0 Å². The van der Waals surface area contributed by atoms with Crippen LogP contribution in [0.5, 0.6) is 0 Å². The lowest BCUT2D eigenvalue weighted by molar-refractivity contribution is 0.0992. The Hall–Kier alpha value is -2.70. The number of amides is 1. The van der Waals surface area contributed by atoms with Crippen molar-refractivity contribution in [1.82, 2.24) is 9.88 Å². The van der Waals surface area contributed by atoms with E-state index >= 15 is 0 Å². The van der Waals surface area contributed by atoms with Crippen LogP contribution in [0.3, 0.4) is 0 Å². The Morgan fingerprint density at radius 1 is 1.03 bits per heavy atom. The van der Waals surface area contributed by atoms with E-state index in [1.54, 1.807) is 12.1 Å². The predicted molar refractivity (Wildman–Crippen MR) is 114 cm³/mol. The zero-order chi connectivity index (χ0) is 20.4. The molecule has 1 heterocycles. The molecule has 1 aliphatic rings. The highest BCUT2D eigenvalue weighted by atomic mass is 19.1. The van der Waals surface area contributed by atoms with Crippen LogP contribution in [0, 0.1) is 5.82 Å². The summed E-state index contributed by atoms with van der Waals surface area (Å²) < 4.78 is 15.2. The van der Waals surface area contributed by atoms with E-state index in [2.05, 4.69) is 5.32 Å². The maximum absolute atomic E-state index is 13.3. The Balaban J connectivity index is 1.58. The molecule has 0 spiro atoms. The van der Waals surface area contributed by atoms with Crippen molar-refractivity contribution in [2.45, 2.75) is 44.3 Å². The number of halogens is 1. The number of nitrogens with one attached hydrogen (secondary N) is 1. The minimum Gasteiger partial charge on any atom is -0.364 e. The Kier molecular flexibility index (Phi) is 5.65. The minimum atomic E-state index is -0.437. The fourth-order valence-electron chi connectivity index (χ4n) is 4.23. The van der Waals surface area contributed by atoms with E-state index in [0.29, 0.717) is 24.3 Å². The molecule has 2 aromatic carbocycles. The zero-order valence-corrected chi connectivity index (χ0v) is 16.4. The number of nitrogens with zero attached hydrogens (tertiary/aromatic N) is 1. The molecule has 1 amide bonds. The topological polar surface area (TPSA) is 86.1 Å². The lowest BCUT2D eigenvalue weighted by Crippen LogP contribution is -2.38. The highest BCUT2D eigenvalue weighted by molar-refractivity contribution is 5.98. The average molecular weight is 394 g/mol. The molecule has 3 aromatic rings. The molecule has 1 aromatic heterocycles. The van der Waals surface area contributed by atoms with E-state index in [1.165, 1.54) is 12.1 Å². The molecule has 6 heteroatoms. The van der Waals surface area contributed by atoms with Crippen molar-refractivity contribution in [1.29, 1.82) is 0 Å². The van der Waals surface area contributed by atoms with Crippen LogP contribution >= 0.6 is 0 Å². The molecule has 152 valence electrons. The van der Waals surface area contributed by atoms with E-state index in [0.717, 1.165) is 54.3 Å². The van der Waals surface area contributed by atoms with E-state index in [-0.39, 0.29) is 5.82 Å². The second-order valence-electron chi connectivity index (χ2n) is 7.89.